The van der Waals surface area contributed by atoms with E-state index in [0.29, 0.717) is 0 Å². The van der Waals surface area contributed by atoms with E-state index in [4.69, 9.17) is 5.10 Å². The summed E-state index contributed by atoms with van der Waals surface area (Å²) in [5.41, 5.74) is 0.688. The number of fused-ring (bicyclic) bond motifs is 1. The zero-order valence-corrected chi connectivity index (χ0v) is 15.1. The summed E-state index contributed by atoms with van der Waals surface area (Å²) in [5.74, 6) is 1.84. The lowest BCUT2D eigenvalue weighted by Crippen LogP contribution is -2.48. The van der Waals surface area contributed by atoms with Gasteiger partial charge in [0.05, 0.1) is 6.10 Å². The number of β-amino-alcohol motifs (C(OH)–C–C–N with tert-alkyl or cyclic N) is 1. The van der Waals surface area contributed by atoms with Crippen LogP contribution < -0.4 is 4.90 Å². The van der Waals surface area contributed by atoms with Gasteiger partial charge in [0.15, 0.2) is 11.5 Å². The fourth-order valence-corrected chi connectivity index (χ4v) is 3.00. The minimum atomic E-state index is -0.225. The fraction of sp³-hybridized carbons (Fsp3) is 0.706. The molecule has 2 aromatic rings. The number of anilines is 1. The number of piperazine rings is 1. The molecule has 1 N–H and O–H groups in total. The maximum Gasteiger partial charge on any atom is 0.178 e. The van der Waals surface area contributed by atoms with Gasteiger partial charge in [-0.15, -0.1) is 15.3 Å². The van der Waals surface area contributed by atoms with Crippen molar-refractivity contribution in [2.45, 2.75) is 45.6 Å². The van der Waals surface area contributed by atoms with Crippen LogP contribution in [0.3, 0.4) is 0 Å². The van der Waals surface area contributed by atoms with Crippen molar-refractivity contribution in [2.24, 2.45) is 0 Å². The van der Waals surface area contributed by atoms with Crippen LogP contribution in [0.2, 0.25) is 0 Å². The van der Waals surface area contributed by atoms with E-state index >= 15 is 0 Å². The molecule has 0 saturated carbocycles. The molecule has 7 nitrogen and oxygen atoms in total. The highest BCUT2D eigenvalue weighted by Crippen LogP contribution is 2.22. The van der Waals surface area contributed by atoms with Gasteiger partial charge < -0.3 is 10.0 Å². The molecule has 24 heavy (non-hydrogen) atoms. The highest BCUT2D eigenvalue weighted by atomic mass is 16.3. The predicted molar refractivity (Wildman–Crippen MR) is 94.4 cm³/mol. The van der Waals surface area contributed by atoms with Crippen LogP contribution >= 0.6 is 0 Å². The third kappa shape index (κ3) is 3.52. The Kier molecular flexibility index (Phi) is 4.73. The van der Waals surface area contributed by atoms with Crippen LogP contribution in [0.25, 0.3) is 5.65 Å². The first-order chi connectivity index (χ1) is 11.4. The average Bonchev–Trinajstić information content (AvgIpc) is 2.98. The zero-order chi connectivity index (χ0) is 17.3. The van der Waals surface area contributed by atoms with Gasteiger partial charge in [-0.1, -0.05) is 27.7 Å². The molecule has 0 aliphatic carbocycles. The molecule has 1 atom stereocenters. The Morgan fingerprint density at radius 3 is 2.46 bits per heavy atom. The highest BCUT2D eigenvalue weighted by Gasteiger charge is 2.24. The van der Waals surface area contributed by atoms with Crippen molar-refractivity contribution in [3.63, 3.8) is 0 Å². The monoisotopic (exact) mass is 332 g/mol. The van der Waals surface area contributed by atoms with E-state index in [0.717, 1.165) is 56.4 Å². The Morgan fingerprint density at radius 1 is 1.12 bits per heavy atom. The standard InChI is InChI=1S/C17H28N6O/c1-5-13(24)12-21-8-10-22(11-9-21)15-7-6-14-18-19-16(17(2,3)4)23(14)20-15/h6-7,13,24H,5,8-12H2,1-4H3. The Hall–Kier alpha value is -1.73. The van der Waals surface area contributed by atoms with E-state index in [1.165, 1.54) is 0 Å². The molecule has 0 bridgehead atoms. The predicted octanol–water partition coefficient (Wildman–Crippen LogP) is 1.31. The van der Waals surface area contributed by atoms with Crippen molar-refractivity contribution >= 4 is 11.5 Å². The van der Waals surface area contributed by atoms with Gasteiger partial charge in [-0.05, 0) is 18.6 Å². The van der Waals surface area contributed by atoms with Gasteiger partial charge in [0, 0.05) is 38.1 Å². The number of hydrogen-bond acceptors (Lipinski definition) is 6. The number of aliphatic hydroxyl groups is 1. The van der Waals surface area contributed by atoms with Gasteiger partial charge in [0.25, 0.3) is 0 Å². The van der Waals surface area contributed by atoms with Crippen LogP contribution in [0.1, 0.15) is 39.9 Å². The number of hydrogen-bond donors (Lipinski definition) is 1. The summed E-state index contributed by atoms with van der Waals surface area (Å²) >= 11 is 0. The number of nitrogens with zero attached hydrogens (tertiary/aromatic N) is 6. The third-order valence-electron chi connectivity index (χ3n) is 4.56. The van der Waals surface area contributed by atoms with Crippen LogP contribution in [-0.4, -0.2) is 68.6 Å². The van der Waals surface area contributed by atoms with Gasteiger partial charge in [-0.2, -0.15) is 4.52 Å². The molecule has 0 spiro atoms. The summed E-state index contributed by atoms with van der Waals surface area (Å²) in [4.78, 5) is 4.61. The van der Waals surface area contributed by atoms with E-state index in [1.54, 1.807) is 0 Å². The van der Waals surface area contributed by atoms with Gasteiger partial charge in [-0.25, -0.2) is 0 Å². The first-order valence-electron chi connectivity index (χ1n) is 8.77. The summed E-state index contributed by atoms with van der Waals surface area (Å²) in [6.45, 7) is 12.9. The minimum Gasteiger partial charge on any atom is -0.392 e. The van der Waals surface area contributed by atoms with Crippen LogP contribution in [-0.2, 0) is 5.41 Å². The molecule has 1 unspecified atom stereocenters. The molecule has 132 valence electrons. The summed E-state index contributed by atoms with van der Waals surface area (Å²) in [5, 5.41) is 23.1. The Balaban J connectivity index is 1.74. The Bertz CT molecular complexity index is 684. The van der Waals surface area contributed by atoms with E-state index in [2.05, 4.69) is 40.8 Å². The van der Waals surface area contributed by atoms with E-state index in [1.807, 2.05) is 23.6 Å². The van der Waals surface area contributed by atoms with Gasteiger partial charge >= 0.3 is 0 Å². The first kappa shape index (κ1) is 17.1. The molecule has 1 aliphatic rings. The van der Waals surface area contributed by atoms with Crippen molar-refractivity contribution < 1.29 is 5.11 Å². The summed E-state index contributed by atoms with van der Waals surface area (Å²) in [7, 11) is 0. The Morgan fingerprint density at radius 2 is 1.83 bits per heavy atom. The molecule has 2 aromatic heterocycles. The number of aromatic nitrogens is 4. The molecular weight excluding hydrogens is 304 g/mol. The second kappa shape index (κ2) is 6.64. The number of rotatable bonds is 4. The maximum atomic E-state index is 9.81. The molecule has 0 radical (unpaired) electrons. The second-order valence-electron chi connectivity index (χ2n) is 7.58. The maximum absolute atomic E-state index is 9.81. The molecule has 3 rings (SSSR count). The van der Waals surface area contributed by atoms with E-state index in [-0.39, 0.29) is 11.5 Å². The summed E-state index contributed by atoms with van der Waals surface area (Å²) < 4.78 is 1.86. The van der Waals surface area contributed by atoms with Gasteiger partial charge in [0.1, 0.15) is 5.82 Å². The first-order valence-corrected chi connectivity index (χ1v) is 8.77. The summed E-state index contributed by atoms with van der Waals surface area (Å²) in [6.07, 6.45) is 0.583. The van der Waals surface area contributed by atoms with Gasteiger partial charge in [-0.3, -0.25) is 4.90 Å². The zero-order valence-electron chi connectivity index (χ0n) is 15.1. The molecule has 3 heterocycles. The van der Waals surface area contributed by atoms with Crippen molar-refractivity contribution in [1.82, 2.24) is 24.7 Å². The van der Waals surface area contributed by atoms with Crippen molar-refractivity contribution in [2.75, 3.05) is 37.6 Å². The largest absolute Gasteiger partial charge is 0.392 e. The highest BCUT2D eigenvalue weighted by molar-refractivity contribution is 5.46. The summed E-state index contributed by atoms with van der Waals surface area (Å²) in [6, 6.07) is 4.00. The molecule has 0 aromatic carbocycles. The van der Waals surface area contributed by atoms with E-state index < -0.39 is 0 Å². The smallest absolute Gasteiger partial charge is 0.178 e. The lowest BCUT2D eigenvalue weighted by atomic mass is 9.96. The number of aliphatic hydroxyl groups excluding tert-OH is 1. The van der Waals surface area contributed by atoms with Crippen molar-refractivity contribution in [3.05, 3.63) is 18.0 Å². The lowest BCUT2D eigenvalue weighted by molar-refractivity contribution is 0.106. The second-order valence-corrected chi connectivity index (χ2v) is 7.58. The third-order valence-corrected chi connectivity index (χ3v) is 4.56. The average molecular weight is 332 g/mol. The quantitative estimate of drug-likeness (QED) is 0.910. The van der Waals surface area contributed by atoms with E-state index in [9.17, 15) is 5.11 Å². The molecule has 1 aliphatic heterocycles. The van der Waals surface area contributed by atoms with Crippen LogP contribution in [0.5, 0.6) is 0 Å². The molecule has 1 saturated heterocycles. The van der Waals surface area contributed by atoms with Crippen molar-refractivity contribution in [1.29, 1.82) is 0 Å². The Labute approximate surface area is 143 Å². The minimum absolute atomic E-state index is 0.0972. The topological polar surface area (TPSA) is 69.8 Å². The molecule has 1 fully saturated rings. The molecule has 7 heteroatoms. The molecule has 0 amide bonds. The lowest BCUT2D eigenvalue weighted by Gasteiger charge is -2.36. The van der Waals surface area contributed by atoms with Crippen LogP contribution in [0.15, 0.2) is 12.1 Å². The fourth-order valence-electron chi connectivity index (χ4n) is 3.00. The van der Waals surface area contributed by atoms with Gasteiger partial charge in [0.2, 0.25) is 0 Å². The molecular formula is C17H28N6O. The van der Waals surface area contributed by atoms with Crippen LogP contribution in [0.4, 0.5) is 5.82 Å². The SMILES string of the molecule is CCC(O)CN1CCN(c2ccc3nnc(C(C)(C)C)n3n2)CC1. The van der Waals surface area contributed by atoms with Crippen molar-refractivity contribution in [3.8, 4) is 0 Å². The normalized spacial score (nSPS) is 18.3. The van der Waals surface area contributed by atoms with Crippen LogP contribution in [0, 0.1) is 0 Å².